The third kappa shape index (κ3) is 5.89. The number of hydrogen-bond donors (Lipinski definition) is 3. The van der Waals surface area contributed by atoms with Crippen molar-refractivity contribution in [2.45, 2.75) is 6.18 Å². The van der Waals surface area contributed by atoms with Crippen LogP contribution in [0.2, 0.25) is 0 Å². The minimum atomic E-state index is -4.49. The smallest absolute Gasteiger partial charge is 0.416 e. The lowest BCUT2D eigenvalue weighted by Crippen LogP contribution is -2.39. The number of nitrogens with one attached hydrogen (secondary N) is 1. The number of urea groups is 1. The summed E-state index contributed by atoms with van der Waals surface area (Å²) in [5.41, 5.74) is 4.17. The van der Waals surface area contributed by atoms with Gasteiger partial charge in [0.2, 0.25) is 0 Å². The fourth-order valence-corrected chi connectivity index (χ4v) is 2.06. The van der Waals surface area contributed by atoms with Crippen molar-refractivity contribution in [3.05, 3.63) is 59.7 Å². The van der Waals surface area contributed by atoms with E-state index < -0.39 is 23.7 Å². The van der Waals surface area contributed by atoms with E-state index in [0.29, 0.717) is 0 Å². The molecule has 4 N–H and O–H groups in total. The van der Waals surface area contributed by atoms with E-state index in [4.69, 9.17) is 15.7 Å². The fraction of sp³-hybridized carbons (Fsp3) is 0.176. The van der Waals surface area contributed by atoms with Crippen LogP contribution in [0.5, 0.6) is 11.5 Å². The molecule has 0 aliphatic rings. The van der Waals surface area contributed by atoms with Gasteiger partial charge in [0.1, 0.15) is 11.5 Å². The van der Waals surface area contributed by atoms with Gasteiger partial charge in [-0.2, -0.15) is 13.2 Å². The van der Waals surface area contributed by atoms with E-state index in [1.807, 2.05) is 0 Å². The molecular weight excluding hydrogens is 367 g/mol. The van der Waals surface area contributed by atoms with Gasteiger partial charge in [-0.3, -0.25) is 10.0 Å². The molecule has 0 bridgehead atoms. The molecule has 27 heavy (non-hydrogen) atoms. The Morgan fingerprint density at radius 1 is 1.11 bits per heavy atom. The highest BCUT2D eigenvalue weighted by atomic mass is 19.4. The Morgan fingerprint density at radius 2 is 1.74 bits per heavy atom. The van der Waals surface area contributed by atoms with Crippen molar-refractivity contribution in [2.75, 3.05) is 13.1 Å². The number of ether oxygens (including phenoxy) is 1. The molecule has 0 aliphatic carbocycles. The van der Waals surface area contributed by atoms with Gasteiger partial charge in [-0.05, 0) is 36.4 Å². The first kappa shape index (κ1) is 20.0. The third-order valence-electron chi connectivity index (χ3n) is 3.36. The molecule has 144 valence electrons. The van der Waals surface area contributed by atoms with Crippen LogP contribution in [0, 0.1) is 0 Å². The topological polar surface area (TPSA) is 105 Å². The summed E-state index contributed by atoms with van der Waals surface area (Å²) < 4.78 is 43.6. The standard InChI is InChI=1S/C17H16F3N3O4/c18-17(19,20)12-4-2-6-14(10-12)27-13-5-1-3-11(9-13)15(24)22-7-8-23(26)16(21)25/h1-6,9-10,26H,7-8H2,(H2,21,25)(H,22,24). The number of benzene rings is 2. The van der Waals surface area contributed by atoms with Crippen molar-refractivity contribution in [3.8, 4) is 11.5 Å². The number of halogens is 3. The van der Waals surface area contributed by atoms with E-state index in [-0.39, 0.29) is 35.2 Å². The maximum absolute atomic E-state index is 12.7. The minimum absolute atomic E-state index is 0.0280. The summed E-state index contributed by atoms with van der Waals surface area (Å²) in [6, 6.07) is 9.11. The van der Waals surface area contributed by atoms with Gasteiger partial charge in [0.15, 0.2) is 0 Å². The Labute approximate surface area is 152 Å². The Kier molecular flexibility index (Phi) is 6.24. The van der Waals surface area contributed by atoms with Crippen molar-refractivity contribution in [1.82, 2.24) is 10.4 Å². The zero-order valence-corrected chi connectivity index (χ0v) is 13.9. The molecule has 2 rings (SSSR count). The van der Waals surface area contributed by atoms with E-state index in [1.165, 1.54) is 36.4 Å². The van der Waals surface area contributed by atoms with Gasteiger partial charge >= 0.3 is 12.2 Å². The molecule has 0 heterocycles. The SMILES string of the molecule is NC(=O)N(O)CCNC(=O)c1cccc(Oc2cccc(C(F)(F)F)c2)c1. The number of rotatable bonds is 6. The van der Waals surface area contributed by atoms with Crippen molar-refractivity contribution >= 4 is 11.9 Å². The van der Waals surface area contributed by atoms with Crippen molar-refractivity contribution in [2.24, 2.45) is 5.73 Å². The Hall–Kier alpha value is -3.27. The molecule has 0 fully saturated rings. The summed E-state index contributed by atoms with van der Waals surface area (Å²) in [6.45, 7) is -0.265. The summed E-state index contributed by atoms with van der Waals surface area (Å²) in [5.74, 6) is -0.384. The molecular formula is C17H16F3N3O4. The molecule has 10 heteroatoms. The Morgan fingerprint density at radius 3 is 2.37 bits per heavy atom. The van der Waals surface area contributed by atoms with Crippen LogP contribution in [0.15, 0.2) is 48.5 Å². The lowest BCUT2D eigenvalue weighted by Gasteiger charge is -2.13. The predicted octanol–water partition coefficient (Wildman–Crippen LogP) is 3.00. The lowest BCUT2D eigenvalue weighted by atomic mass is 10.2. The fourth-order valence-electron chi connectivity index (χ4n) is 2.06. The summed E-state index contributed by atoms with van der Waals surface area (Å²) >= 11 is 0. The molecule has 0 aromatic heterocycles. The number of carbonyl (C=O) groups excluding carboxylic acids is 2. The summed E-state index contributed by atoms with van der Waals surface area (Å²) in [7, 11) is 0. The maximum Gasteiger partial charge on any atom is 0.416 e. The average Bonchev–Trinajstić information content (AvgIpc) is 2.61. The number of primary amides is 1. The number of hydrogen-bond acceptors (Lipinski definition) is 4. The number of nitrogens with zero attached hydrogens (tertiary/aromatic N) is 1. The van der Waals surface area contributed by atoms with Gasteiger partial charge in [0.05, 0.1) is 12.1 Å². The summed E-state index contributed by atoms with van der Waals surface area (Å²) in [4.78, 5) is 22.7. The van der Waals surface area contributed by atoms with Crippen molar-refractivity contribution in [3.63, 3.8) is 0 Å². The number of amides is 3. The molecule has 0 saturated carbocycles. The second kappa shape index (κ2) is 8.41. The van der Waals surface area contributed by atoms with Crippen molar-refractivity contribution in [1.29, 1.82) is 0 Å². The summed E-state index contributed by atoms with van der Waals surface area (Å²) in [6.07, 6.45) is -4.49. The number of nitrogens with two attached hydrogens (primary N) is 1. The molecule has 0 spiro atoms. The van der Waals surface area contributed by atoms with Crippen LogP contribution < -0.4 is 15.8 Å². The van der Waals surface area contributed by atoms with E-state index >= 15 is 0 Å². The highest BCUT2D eigenvalue weighted by Gasteiger charge is 2.30. The van der Waals surface area contributed by atoms with Gasteiger partial charge in [-0.1, -0.05) is 12.1 Å². The lowest BCUT2D eigenvalue weighted by molar-refractivity contribution is -0.137. The molecule has 0 aliphatic heterocycles. The normalized spacial score (nSPS) is 11.0. The molecule has 2 aromatic rings. The maximum atomic E-state index is 12.7. The van der Waals surface area contributed by atoms with Crippen LogP contribution in [0.1, 0.15) is 15.9 Å². The van der Waals surface area contributed by atoms with E-state index in [9.17, 15) is 22.8 Å². The largest absolute Gasteiger partial charge is 0.457 e. The van der Waals surface area contributed by atoms with Crippen LogP contribution in [0.3, 0.4) is 0 Å². The molecule has 7 nitrogen and oxygen atoms in total. The first-order valence-corrected chi connectivity index (χ1v) is 7.66. The van der Waals surface area contributed by atoms with Crippen LogP contribution in [0.25, 0.3) is 0 Å². The third-order valence-corrected chi connectivity index (χ3v) is 3.36. The Bertz CT molecular complexity index is 827. The van der Waals surface area contributed by atoms with Gasteiger partial charge < -0.3 is 15.8 Å². The van der Waals surface area contributed by atoms with E-state index in [0.717, 1.165) is 12.1 Å². The highest BCUT2D eigenvalue weighted by molar-refractivity contribution is 5.94. The van der Waals surface area contributed by atoms with Crippen LogP contribution >= 0.6 is 0 Å². The molecule has 3 amide bonds. The monoisotopic (exact) mass is 383 g/mol. The van der Waals surface area contributed by atoms with Crippen LogP contribution in [-0.2, 0) is 6.18 Å². The zero-order chi connectivity index (χ0) is 20.0. The minimum Gasteiger partial charge on any atom is -0.457 e. The van der Waals surface area contributed by atoms with Gasteiger partial charge in [0.25, 0.3) is 5.91 Å². The molecule has 0 atom stereocenters. The average molecular weight is 383 g/mol. The first-order chi connectivity index (χ1) is 12.7. The Balaban J connectivity index is 2.03. The quantitative estimate of drug-likeness (QED) is 0.527. The molecule has 0 saturated heterocycles. The van der Waals surface area contributed by atoms with E-state index in [1.54, 1.807) is 0 Å². The second-order valence-corrected chi connectivity index (χ2v) is 5.37. The predicted molar refractivity (Wildman–Crippen MR) is 88.4 cm³/mol. The number of alkyl halides is 3. The molecule has 2 aromatic carbocycles. The second-order valence-electron chi connectivity index (χ2n) is 5.37. The first-order valence-electron chi connectivity index (χ1n) is 7.66. The van der Waals surface area contributed by atoms with E-state index in [2.05, 4.69) is 5.32 Å². The van der Waals surface area contributed by atoms with Gasteiger partial charge in [-0.25, -0.2) is 9.86 Å². The van der Waals surface area contributed by atoms with Gasteiger partial charge in [0, 0.05) is 12.1 Å². The summed E-state index contributed by atoms with van der Waals surface area (Å²) in [5, 5.41) is 11.8. The van der Waals surface area contributed by atoms with Crippen LogP contribution in [0.4, 0.5) is 18.0 Å². The zero-order valence-electron chi connectivity index (χ0n) is 13.9. The number of carbonyl (C=O) groups is 2. The van der Waals surface area contributed by atoms with Crippen molar-refractivity contribution < 1.29 is 32.7 Å². The molecule has 0 unspecified atom stereocenters. The molecule has 0 radical (unpaired) electrons. The number of hydroxylamine groups is 2. The van der Waals surface area contributed by atoms with Crippen LogP contribution in [-0.4, -0.2) is 35.3 Å². The van der Waals surface area contributed by atoms with Gasteiger partial charge in [-0.15, -0.1) is 0 Å². The highest BCUT2D eigenvalue weighted by Crippen LogP contribution is 2.32.